The van der Waals surface area contributed by atoms with Gasteiger partial charge in [0.25, 0.3) is 0 Å². The summed E-state index contributed by atoms with van der Waals surface area (Å²) in [6.45, 7) is 0. The van der Waals surface area contributed by atoms with E-state index in [4.69, 9.17) is 17.4 Å². The lowest BCUT2D eigenvalue weighted by molar-refractivity contribution is 0.277. The van der Waals surface area contributed by atoms with Gasteiger partial charge in [0.05, 0.1) is 15.6 Å². The third kappa shape index (κ3) is 3.70. The summed E-state index contributed by atoms with van der Waals surface area (Å²) in [6, 6.07) is 3.80. The highest BCUT2D eigenvalue weighted by Crippen LogP contribution is 2.39. The molecule has 1 heterocycles. The van der Waals surface area contributed by atoms with Crippen LogP contribution in [-0.4, -0.2) is 19.9 Å². The van der Waals surface area contributed by atoms with E-state index in [0.717, 1.165) is 28.5 Å². The molecule has 0 spiro atoms. The molecule has 1 saturated carbocycles. The smallest absolute Gasteiger partial charge is 0.150 e. The van der Waals surface area contributed by atoms with Crippen molar-refractivity contribution in [1.82, 2.24) is 5.43 Å². The third-order valence-corrected chi connectivity index (χ3v) is 6.78. The molecule has 3 atom stereocenters. The highest BCUT2D eigenvalue weighted by Gasteiger charge is 2.33. The predicted molar refractivity (Wildman–Crippen MR) is 80.0 cm³/mol. The minimum atomic E-state index is -2.97. The number of hydrogen-bond donors (Lipinski definition) is 2. The summed E-state index contributed by atoms with van der Waals surface area (Å²) >= 11 is 7.45. The molecule has 2 rings (SSSR count). The first-order valence-electron chi connectivity index (χ1n) is 6.32. The molecule has 3 unspecified atom stereocenters. The minimum Gasteiger partial charge on any atom is -0.271 e. The van der Waals surface area contributed by atoms with Crippen molar-refractivity contribution in [3.63, 3.8) is 0 Å². The molecule has 0 saturated heterocycles. The van der Waals surface area contributed by atoms with Crippen molar-refractivity contribution >= 4 is 32.8 Å². The van der Waals surface area contributed by atoms with Gasteiger partial charge in [0.15, 0.2) is 0 Å². The zero-order chi connectivity index (χ0) is 14.0. The van der Waals surface area contributed by atoms with Gasteiger partial charge in [-0.2, -0.15) is 0 Å². The first kappa shape index (κ1) is 15.3. The third-order valence-electron chi connectivity index (χ3n) is 3.82. The van der Waals surface area contributed by atoms with Crippen LogP contribution in [0.1, 0.15) is 36.6 Å². The van der Waals surface area contributed by atoms with E-state index < -0.39 is 9.84 Å². The molecule has 108 valence electrons. The molecule has 1 aliphatic rings. The van der Waals surface area contributed by atoms with Gasteiger partial charge in [0.2, 0.25) is 0 Å². The molecule has 4 nitrogen and oxygen atoms in total. The van der Waals surface area contributed by atoms with Crippen LogP contribution in [0.5, 0.6) is 0 Å². The summed E-state index contributed by atoms with van der Waals surface area (Å²) in [6.07, 6.45) is 4.68. The molecule has 0 amide bonds. The van der Waals surface area contributed by atoms with E-state index >= 15 is 0 Å². The molecule has 1 aromatic rings. The van der Waals surface area contributed by atoms with Crippen LogP contribution in [0.2, 0.25) is 4.34 Å². The van der Waals surface area contributed by atoms with Crippen LogP contribution >= 0.6 is 22.9 Å². The zero-order valence-electron chi connectivity index (χ0n) is 10.8. The lowest BCUT2D eigenvalue weighted by Crippen LogP contribution is -2.38. The number of hydrazine groups is 1. The number of nitrogens with two attached hydrogens (primary N) is 1. The Labute approximate surface area is 123 Å². The van der Waals surface area contributed by atoms with Crippen LogP contribution in [0.4, 0.5) is 0 Å². The lowest BCUT2D eigenvalue weighted by atomic mass is 9.83. The number of thiophene rings is 1. The second kappa shape index (κ2) is 6.10. The predicted octanol–water partition coefficient (Wildman–Crippen LogP) is 2.51. The molecule has 0 bridgehead atoms. The molecule has 1 aliphatic carbocycles. The maximum absolute atomic E-state index is 11.7. The molecular weight excluding hydrogens is 304 g/mol. The Bertz CT molecular complexity index is 530. The monoisotopic (exact) mass is 322 g/mol. The van der Waals surface area contributed by atoms with Crippen molar-refractivity contribution < 1.29 is 8.42 Å². The van der Waals surface area contributed by atoms with Gasteiger partial charge in [-0.25, -0.2) is 8.42 Å². The van der Waals surface area contributed by atoms with Gasteiger partial charge in [0.1, 0.15) is 9.84 Å². The molecule has 0 aromatic carbocycles. The SMILES string of the molecule is CS(=O)(=O)C1CCCC(C(NN)c2ccc(Cl)s2)C1. The van der Waals surface area contributed by atoms with Crippen molar-refractivity contribution in [3.05, 3.63) is 21.3 Å². The minimum absolute atomic E-state index is 0.0120. The normalized spacial score (nSPS) is 26.3. The Morgan fingerprint density at radius 1 is 1.47 bits per heavy atom. The van der Waals surface area contributed by atoms with Crippen molar-refractivity contribution in [3.8, 4) is 0 Å². The topological polar surface area (TPSA) is 72.2 Å². The van der Waals surface area contributed by atoms with Crippen LogP contribution in [0.3, 0.4) is 0 Å². The van der Waals surface area contributed by atoms with Crippen LogP contribution in [-0.2, 0) is 9.84 Å². The standard InChI is InChI=1S/C12H19ClN2O2S2/c1-19(16,17)9-4-2-3-8(7-9)12(15-14)10-5-6-11(13)18-10/h5-6,8-9,12,15H,2-4,7,14H2,1H3. The Balaban J connectivity index is 2.15. The summed E-state index contributed by atoms with van der Waals surface area (Å²) in [4.78, 5) is 1.08. The molecule has 19 heavy (non-hydrogen) atoms. The molecule has 7 heteroatoms. The Hall–Kier alpha value is -0.140. The molecule has 1 fully saturated rings. The van der Waals surface area contributed by atoms with Gasteiger partial charge in [-0.3, -0.25) is 11.3 Å². The van der Waals surface area contributed by atoms with E-state index in [9.17, 15) is 8.42 Å². The van der Waals surface area contributed by atoms with Crippen molar-refractivity contribution in [2.75, 3.05) is 6.26 Å². The molecule has 0 aliphatic heterocycles. The van der Waals surface area contributed by atoms with Crippen LogP contribution in [0.15, 0.2) is 12.1 Å². The van der Waals surface area contributed by atoms with E-state index in [2.05, 4.69) is 5.43 Å². The summed E-state index contributed by atoms with van der Waals surface area (Å²) in [5.74, 6) is 5.91. The van der Waals surface area contributed by atoms with E-state index in [1.807, 2.05) is 12.1 Å². The number of rotatable bonds is 4. The second-order valence-electron chi connectivity index (χ2n) is 5.16. The highest BCUT2D eigenvalue weighted by atomic mass is 35.5. The fraction of sp³-hybridized carbons (Fsp3) is 0.667. The molecule has 1 aromatic heterocycles. The van der Waals surface area contributed by atoms with E-state index in [1.54, 1.807) is 0 Å². The van der Waals surface area contributed by atoms with Crippen LogP contribution in [0, 0.1) is 5.92 Å². The number of halogens is 1. The van der Waals surface area contributed by atoms with Crippen molar-refractivity contribution in [2.24, 2.45) is 11.8 Å². The van der Waals surface area contributed by atoms with Crippen LogP contribution in [0.25, 0.3) is 0 Å². The Morgan fingerprint density at radius 2 is 2.21 bits per heavy atom. The van der Waals surface area contributed by atoms with Gasteiger partial charge in [-0.1, -0.05) is 18.0 Å². The first-order chi connectivity index (χ1) is 8.91. The summed E-state index contributed by atoms with van der Waals surface area (Å²) < 4.78 is 24.2. The molecular formula is C12H19ClN2O2S2. The highest BCUT2D eigenvalue weighted by molar-refractivity contribution is 7.91. The van der Waals surface area contributed by atoms with Crippen molar-refractivity contribution in [1.29, 1.82) is 0 Å². The van der Waals surface area contributed by atoms with Gasteiger partial charge < -0.3 is 0 Å². The summed E-state index contributed by atoms with van der Waals surface area (Å²) in [7, 11) is -2.97. The van der Waals surface area contributed by atoms with Gasteiger partial charge >= 0.3 is 0 Å². The quantitative estimate of drug-likeness (QED) is 0.660. The van der Waals surface area contributed by atoms with E-state index in [-0.39, 0.29) is 17.2 Å². The van der Waals surface area contributed by atoms with Crippen LogP contribution < -0.4 is 11.3 Å². The summed E-state index contributed by atoms with van der Waals surface area (Å²) in [5.41, 5.74) is 2.83. The number of sulfone groups is 1. The van der Waals surface area contributed by atoms with Gasteiger partial charge in [-0.05, 0) is 37.3 Å². The number of nitrogens with one attached hydrogen (secondary N) is 1. The maximum atomic E-state index is 11.7. The van der Waals surface area contributed by atoms with Crippen molar-refractivity contribution in [2.45, 2.75) is 37.0 Å². The lowest BCUT2D eigenvalue weighted by Gasteiger charge is -2.33. The Kier molecular flexibility index (Phi) is 4.89. The molecule has 0 radical (unpaired) electrons. The second-order valence-corrected chi connectivity index (χ2v) is 9.24. The van der Waals surface area contributed by atoms with Gasteiger partial charge in [0, 0.05) is 11.1 Å². The average Bonchev–Trinajstić information content (AvgIpc) is 2.76. The summed E-state index contributed by atoms with van der Waals surface area (Å²) in [5, 5.41) is -0.238. The Morgan fingerprint density at radius 3 is 2.74 bits per heavy atom. The van der Waals surface area contributed by atoms with Gasteiger partial charge in [-0.15, -0.1) is 11.3 Å². The fourth-order valence-electron chi connectivity index (χ4n) is 2.82. The zero-order valence-corrected chi connectivity index (χ0v) is 13.2. The first-order valence-corrected chi connectivity index (χ1v) is 9.47. The molecule has 3 N–H and O–H groups in total. The number of hydrogen-bond acceptors (Lipinski definition) is 5. The maximum Gasteiger partial charge on any atom is 0.150 e. The van der Waals surface area contributed by atoms with E-state index in [0.29, 0.717) is 6.42 Å². The largest absolute Gasteiger partial charge is 0.271 e. The van der Waals surface area contributed by atoms with E-state index in [1.165, 1.54) is 17.6 Å². The average molecular weight is 323 g/mol. The fourth-order valence-corrected chi connectivity index (χ4v) is 5.23.